The molecule has 4 nitrogen and oxygen atoms in total. The van der Waals surface area contributed by atoms with Crippen molar-refractivity contribution in [2.75, 3.05) is 6.54 Å². The molecule has 0 heterocycles. The Morgan fingerprint density at radius 2 is 2.00 bits per heavy atom. The molecule has 16 heavy (non-hydrogen) atoms. The van der Waals surface area contributed by atoms with Gasteiger partial charge in [-0.1, -0.05) is 19.1 Å². The Balaban J connectivity index is 2.51. The fourth-order valence-electron chi connectivity index (χ4n) is 1.72. The van der Waals surface area contributed by atoms with E-state index in [9.17, 15) is 10.1 Å². The average Bonchev–Trinajstić information content (AvgIpc) is 2.27. The monoisotopic (exact) mass is 222 g/mol. The third-order valence-electron chi connectivity index (χ3n) is 2.63. The van der Waals surface area contributed by atoms with Gasteiger partial charge in [-0.15, -0.1) is 0 Å². The van der Waals surface area contributed by atoms with Crippen LogP contribution in [0.5, 0.6) is 0 Å². The molecule has 0 saturated carbocycles. The Morgan fingerprint density at radius 3 is 2.50 bits per heavy atom. The summed E-state index contributed by atoms with van der Waals surface area (Å²) in [6.07, 6.45) is 3.10. The zero-order valence-corrected chi connectivity index (χ0v) is 9.56. The highest BCUT2D eigenvalue weighted by Crippen LogP contribution is 2.16. The molecular formula is C12H18N2O2. The summed E-state index contributed by atoms with van der Waals surface area (Å²) in [5, 5.41) is 10.5. The maximum Gasteiger partial charge on any atom is 0.269 e. The molecule has 0 aromatic heterocycles. The van der Waals surface area contributed by atoms with E-state index in [4.69, 9.17) is 5.73 Å². The van der Waals surface area contributed by atoms with E-state index in [1.165, 1.54) is 0 Å². The van der Waals surface area contributed by atoms with Crippen LogP contribution in [-0.4, -0.2) is 11.5 Å². The van der Waals surface area contributed by atoms with Crippen LogP contribution in [0, 0.1) is 16.0 Å². The van der Waals surface area contributed by atoms with Crippen molar-refractivity contribution in [3.05, 3.63) is 39.9 Å². The van der Waals surface area contributed by atoms with Crippen molar-refractivity contribution in [3.8, 4) is 0 Å². The quantitative estimate of drug-likeness (QED) is 0.594. The summed E-state index contributed by atoms with van der Waals surface area (Å²) in [4.78, 5) is 10.1. The Hall–Kier alpha value is -1.42. The van der Waals surface area contributed by atoms with E-state index in [2.05, 4.69) is 6.92 Å². The number of rotatable bonds is 6. The Labute approximate surface area is 95.6 Å². The van der Waals surface area contributed by atoms with Crippen molar-refractivity contribution in [3.63, 3.8) is 0 Å². The van der Waals surface area contributed by atoms with Gasteiger partial charge in [0.05, 0.1) is 4.92 Å². The fraction of sp³-hybridized carbons (Fsp3) is 0.500. The third-order valence-corrected chi connectivity index (χ3v) is 2.63. The van der Waals surface area contributed by atoms with Crippen LogP contribution in [0.1, 0.15) is 25.3 Å². The Bertz CT molecular complexity index is 335. The van der Waals surface area contributed by atoms with Crippen LogP contribution in [0.4, 0.5) is 5.69 Å². The van der Waals surface area contributed by atoms with E-state index in [0.717, 1.165) is 31.4 Å². The van der Waals surface area contributed by atoms with E-state index in [0.29, 0.717) is 5.92 Å². The molecule has 88 valence electrons. The Kier molecular flexibility index (Phi) is 4.92. The van der Waals surface area contributed by atoms with Crippen LogP contribution >= 0.6 is 0 Å². The summed E-state index contributed by atoms with van der Waals surface area (Å²) in [6, 6.07) is 6.78. The lowest BCUT2D eigenvalue weighted by Crippen LogP contribution is -2.05. The first kappa shape index (κ1) is 12.6. The van der Waals surface area contributed by atoms with E-state index in [-0.39, 0.29) is 10.6 Å². The first-order valence-electron chi connectivity index (χ1n) is 5.57. The number of nitro benzene ring substituents is 1. The molecule has 0 bridgehead atoms. The molecule has 0 aliphatic carbocycles. The summed E-state index contributed by atoms with van der Waals surface area (Å²) in [7, 11) is 0. The van der Waals surface area contributed by atoms with Crippen LogP contribution in [0.15, 0.2) is 24.3 Å². The van der Waals surface area contributed by atoms with Gasteiger partial charge in [-0.05, 0) is 37.3 Å². The maximum atomic E-state index is 10.5. The fourth-order valence-corrected chi connectivity index (χ4v) is 1.72. The van der Waals surface area contributed by atoms with Crippen LogP contribution in [0.2, 0.25) is 0 Å². The third kappa shape index (κ3) is 3.98. The molecule has 0 saturated heterocycles. The molecule has 0 aliphatic rings. The molecule has 1 rings (SSSR count). The number of nitro groups is 1. The van der Waals surface area contributed by atoms with Crippen molar-refractivity contribution < 1.29 is 4.92 Å². The molecule has 4 heteroatoms. The SMILES string of the molecule is CC(CCCN)Cc1ccc([N+](=O)[O-])cc1. The minimum Gasteiger partial charge on any atom is -0.330 e. The number of hydrogen-bond donors (Lipinski definition) is 1. The molecule has 1 unspecified atom stereocenters. The normalized spacial score (nSPS) is 12.4. The second-order valence-electron chi connectivity index (χ2n) is 4.16. The van der Waals surface area contributed by atoms with Gasteiger partial charge in [0.1, 0.15) is 0 Å². The second kappa shape index (κ2) is 6.23. The van der Waals surface area contributed by atoms with Crippen molar-refractivity contribution in [1.29, 1.82) is 0 Å². The second-order valence-corrected chi connectivity index (χ2v) is 4.16. The first-order chi connectivity index (χ1) is 7.63. The molecule has 1 aromatic rings. The predicted molar refractivity (Wildman–Crippen MR) is 64.3 cm³/mol. The molecule has 0 fully saturated rings. The molecule has 0 aliphatic heterocycles. The summed E-state index contributed by atoms with van der Waals surface area (Å²) in [6.45, 7) is 2.90. The summed E-state index contributed by atoms with van der Waals surface area (Å²) in [5.74, 6) is 0.574. The maximum absolute atomic E-state index is 10.5. The van der Waals surface area contributed by atoms with Gasteiger partial charge in [0.2, 0.25) is 0 Å². The predicted octanol–water partition coefficient (Wildman–Crippen LogP) is 2.51. The van der Waals surface area contributed by atoms with Gasteiger partial charge in [0, 0.05) is 12.1 Å². The topological polar surface area (TPSA) is 69.2 Å². The minimum atomic E-state index is -0.373. The first-order valence-corrected chi connectivity index (χ1v) is 5.57. The molecule has 0 amide bonds. The lowest BCUT2D eigenvalue weighted by Gasteiger charge is -2.10. The van der Waals surface area contributed by atoms with Gasteiger partial charge in [0.15, 0.2) is 0 Å². The van der Waals surface area contributed by atoms with Crippen LogP contribution in [-0.2, 0) is 6.42 Å². The number of nitrogens with two attached hydrogens (primary N) is 1. The highest BCUT2D eigenvalue weighted by atomic mass is 16.6. The summed E-state index contributed by atoms with van der Waals surface area (Å²) < 4.78 is 0. The highest BCUT2D eigenvalue weighted by molar-refractivity contribution is 5.32. The van der Waals surface area contributed by atoms with Crippen molar-refractivity contribution in [2.24, 2.45) is 11.7 Å². The molecule has 0 spiro atoms. The lowest BCUT2D eigenvalue weighted by atomic mass is 9.96. The van der Waals surface area contributed by atoms with Gasteiger partial charge in [-0.2, -0.15) is 0 Å². The zero-order valence-electron chi connectivity index (χ0n) is 9.56. The number of nitrogens with zero attached hydrogens (tertiary/aromatic N) is 1. The lowest BCUT2D eigenvalue weighted by molar-refractivity contribution is -0.384. The van der Waals surface area contributed by atoms with Crippen molar-refractivity contribution in [2.45, 2.75) is 26.2 Å². The Morgan fingerprint density at radius 1 is 1.38 bits per heavy atom. The molecule has 1 atom stereocenters. The standard InChI is InChI=1S/C12H18N2O2/c1-10(3-2-8-13)9-11-4-6-12(7-5-11)14(15)16/h4-7,10H,2-3,8-9,13H2,1H3. The average molecular weight is 222 g/mol. The molecule has 2 N–H and O–H groups in total. The summed E-state index contributed by atoms with van der Waals surface area (Å²) in [5.41, 5.74) is 6.75. The van der Waals surface area contributed by atoms with Gasteiger partial charge >= 0.3 is 0 Å². The van der Waals surface area contributed by atoms with Gasteiger partial charge in [-0.3, -0.25) is 10.1 Å². The van der Waals surface area contributed by atoms with Gasteiger partial charge < -0.3 is 5.73 Å². The van der Waals surface area contributed by atoms with Crippen molar-refractivity contribution >= 4 is 5.69 Å². The molecule has 1 aromatic carbocycles. The molecule has 0 radical (unpaired) electrons. The highest BCUT2D eigenvalue weighted by Gasteiger charge is 2.06. The molecular weight excluding hydrogens is 204 g/mol. The number of benzene rings is 1. The smallest absolute Gasteiger partial charge is 0.269 e. The zero-order chi connectivity index (χ0) is 12.0. The minimum absolute atomic E-state index is 0.151. The van der Waals surface area contributed by atoms with E-state index in [1.807, 2.05) is 12.1 Å². The van der Waals surface area contributed by atoms with Crippen LogP contribution in [0.25, 0.3) is 0 Å². The van der Waals surface area contributed by atoms with E-state index in [1.54, 1.807) is 12.1 Å². The van der Waals surface area contributed by atoms with Crippen LogP contribution in [0.3, 0.4) is 0 Å². The number of non-ortho nitro benzene ring substituents is 1. The van der Waals surface area contributed by atoms with Crippen molar-refractivity contribution in [1.82, 2.24) is 0 Å². The van der Waals surface area contributed by atoms with E-state index >= 15 is 0 Å². The largest absolute Gasteiger partial charge is 0.330 e. The number of hydrogen-bond acceptors (Lipinski definition) is 3. The summed E-state index contributed by atoms with van der Waals surface area (Å²) >= 11 is 0. The van der Waals surface area contributed by atoms with Crippen LogP contribution < -0.4 is 5.73 Å². The van der Waals surface area contributed by atoms with E-state index < -0.39 is 0 Å². The van der Waals surface area contributed by atoms with Gasteiger partial charge in [-0.25, -0.2) is 0 Å². The van der Waals surface area contributed by atoms with Gasteiger partial charge in [0.25, 0.3) is 5.69 Å².